The number of carbonyl (C=O) groups excluding carboxylic acids is 1. The van der Waals surface area contributed by atoms with Crippen LogP contribution in [-0.2, 0) is 11.2 Å². The maximum absolute atomic E-state index is 10.5. The summed E-state index contributed by atoms with van der Waals surface area (Å²) in [6.45, 7) is 2.53. The number of hydrogen-bond donors (Lipinski definition) is 0. The van der Waals surface area contributed by atoms with Gasteiger partial charge in [-0.2, -0.15) is 0 Å². The molecule has 18 heavy (non-hydrogen) atoms. The zero-order valence-corrected chi connectivity index (χ0v) is 10.7. The Morgan fingerprint density at radius 1 is 1.50 bits per heavy atom. The Morgan fingerprint density at radius 3 is 3.06 bits per heavy atom. The van der Waals surface area contributed by atoms with Crippen LogP contribution in [0.5, 0.6) is 5.75 Å². The lowest BCUT2D eigenvalue weighted by Crippen LogP contribution is -2.24. The van der Waals surface area contributed by atoms with Crippen molar-refractivity contribution in [2.24, 2.45) is 0 Å². The van der Waals surface area contributed by atoms with E-state index >= 15 is 0 Å². The first-order valence-corrected chi connectivity index (χ1v) is 6.44. The molecule has 0 radical (unpaired) electrons. The second-order valence-electron chi connectivity index (χ2n) is 3.65. The van der Waals surface area contributed by atoms with Gasteiger partial charge >= 0.3 is 0 Å². The molecule has 0 spiro atoms. The van der Waals surface area contributed by atoms with E-state index in [1.165, 1.54) is 11.3 Å². The average molecular weight is 262 g/mol. The predicted octanol–water partition coefficient (Wildman–Crippen LogP) is 1.50. The second kappa shape index (κ2) is 5.64. The molecule has 0 saturated carbocycles. The molecule has 0 unspecified atom stereocenters. The maximum Gasteiger partial charge on any atom is 0.123 e. The molecule has 1 heterocycles. The van der Waals surface area contributed by atoms with Crippen molar-refractivity contribution in [3.8, 4) is 16.3 Å². The molecule has 0 aliphatic carbocycles. The highest BCUT2D eigenvalue weighted by atomic mass is 32.1. The number of carboxylic acid groups (broad SMARTS) is 1. The van der Waals surface area contributed by atoms with Gasteiger partial charge in [0.25, 0.3) is 0 Å². The van der Waals surface area contributed by atoms with E-state index in [0.29, 0.717) is 12.3 Å². The summed E-state index contributed by atoms with van der Waals surface area (Å²) in [4.78, 5) is 14.8. The molecular formula is C13H12NO3S-. The summed E-state index contributed by atoms with van der Waals surface area (Å²) in [5.74, 6) is -0.332. The number of ether oxygens (including phenoxy) is 1. The Labute approximate surface area is 109 Å². The van der Waals surface area contributed by atoms with Crippen molar-refractivity contribution in [3.63, 3.8) is 0 Å². The summed E-state index contributed by atoms with van der Waals surface area (Å²) in [5, 5.41) is 13.0. The first-order valence-electron chi connectivity index (χ1n) is 5.56. The molecule has 1 aromatic heterocycles. The number of nitrogens with zero attached hydrogens (tertiary/aromatic N) is 1. The highest BCUT2D eigenvalue weighted by Crippen LogP contribution is 2.27. The van der Waals surface area contributed by atoms with E-state index in [9.17, 15) is 9.90 Å². The third kappa shape index (κ3) is 3.07. The second-order valence-corrected chi connectivity index (χ2v) is 4.51. The molecule has 0 N–H and O–H groups in total. The van der Waals surface area contributed by atoms with Crippen LogP contribution >= 0.6 is 11.3 Å². The summed E-state index contributed by atoms with van der Waals surface area (Å²) >= 11 is 1.41. The summed E-state index contributed by atoms with van der Waals surface area (Å²) in [6.07, 6.45) is -0.151. The van der Waals surface area contributed by atoms with Crippen molar-refractivity contribution in [1.82, 2.24) is 4.98 Å². The van der Waals surface area contributed by atoms with Crippen LogP contribution in [0.25, 0.3) is 10.6 Å². The van der Waals surface area contributed by atoms with Gasteiger partial charge in [-0.15, -0.1) is 11.3 Å². The van der Waals surface area contributed by atoms with Gasteiger partial charge in [-0.1, -0.05) is 12.1 Å². The molecule has 0 saturated heterocycles. The van der Waals surface area contributed by atoms with E-state index in [2.05, 4.69) is 4.98 Å². The molecule has 2 aromatic rings. The molecular weight excluding hydrogens is 250 g/mol. The third-order valence-corrected chi connectivity index (χ3v) is 3.21. The van der Waals surface area contributed by atoms with E-state index in [1.807, 2.05) is 31.2 Å². The normalized spacial score (nSPS) is 10.3. The number of carbonyl (C=O) groups is 1. The summed E-state index contributed by atoms with van der Waals surface area (Å²) in [6, 6.07) is 7.58. The van der Waals surface area contributed by atoms with Gasteiger partial charge in [0.05, 0.1) is 12.3 Å². The fourth-order valence-corrected chi connectivity index (χ4v) is 2.37. The zero-order valence-electron chi connectivity index (χ0n) is 9.88. The third-order valence-electron chi connectivity index (χ3n) is 2.27. The zero-order chi connectivity index (χ0) is 13.0. The van der Waals surface area contributed by atoms with Crippen LogP contribution in [0.3, 0.4) is 0 Å². The van der Waals surface area contributed by atoms with Crippen LogP contribution in [0.4, 0.5) is 0 Å². The molecule has 0 aliphatic heterocycles. The minimum absolute atomic E-state index is 0.151. The largest absolute Gasteiger partial charge is 0.550 e. The topological polar surface area (TPSA) is 62.2 Å². The monoisotopic (exact) mass is 262 g/mol. The minimum Gasteiger partial charge on any atom is -0.550 e. The molecule has 1 aromatic carbocycles. The van der Waals surface area contributed by atoms with E-state index < -0.39 is 5.97 Å². The molecule has 0 atom stereocenters. The number of thiazole rings is 1. The summed E-state index contributed by atoms with van der Waals surface area (Å²) in [7, 11) is 0. The van der Waals surface area contributed by atoms with Crippen LogP contribution in [-0.4, -0.2) is 17.6 Å². The van der Waals surface area contributed by atoms with Crippen molar-refractivity contribution in [2.75, 3.05) is 6.61 Å². The lowest BCUT2D eigenvalue weighted by molar-refractivity contribution is -0.304. The van der Waals surface area contributed by atoms with Crippen molar-refractivity contribution < 1.29 is 14.6 Å². The maximum atomic E-state index is 10.5. The SMILES string of the molecule is CCOc1cccc(-c2nc(CC(=O)[O-])cs2)c1. The molecule has 0 aliphatic rings. The molecule has 0 bridgehead atoms. The predicted molar refractivity (Wildman–Crippen MR) is 67.4 cm³/mol. The van der Waals surface area contributed by atoms with E-state index in [4.69, 9.17) is 4.74 Å². The Balaban J connectivity index is 2.22. The van der Waals surface area contributed by atoms with Gasteiger partial charge < -0.3 is 14.6 Å². The van der Waals surface area contributed by atoms with Crippen LogP contribution < -0.4 is 9.84 Å². The fourth-order valence-electron chi connectivity index (χ4n) is 1.55. The van der Waals surface area contributed by atoms with Crippen LogP contribution in [0, 0.1) is 0 Å². The number of carboxylic acids is 1. The highest BCUT2D eigenvalue weighted by Gasteiger charge is 2.06. The lowest BCUT2D eigenvalue weighted by atomic mass is 10.2. The van der Waals surface area contributed by atoms with Gasteiger partial charge in [0.15, 0.2) is 0 Å². The molecule has 0 amide bonds. The van der Waals surface area contributed by atoms with Crippen molar-refractivity contribution >= 4 is 17.3 Å². The van der Waals surface area contributed by atoms with Crippen molar-refractivity contribution in [3.05, 3.63) is 35.3 Å². The Morgan fingerprint density at radius 2 is 2.33 bits per heavy atom. The number of aromatic nitrogens is 1. The van der Waals surface area contributed by atoms with Crippen LogP contribution in [0.15, 0.2) is 29.6 Å². The van der Waals surface area contributed by atoms with Crippen molar-refractivity contribution in [1.29, 1.82) is 0 Å². The van der Waals surface area contributed by atoms with E-state index in [0.717, 1.165) is 16.3 Å². The number of aliphatic carboxylic acids is 1. The van der Waals surface area contributed by atoms with Gasteiger partial charge in [-0.3, -0.25) is 0 Å². The quantitative estimate of drug-likeness (QED) is 0.819. The molecule has 94 valence electrons. The Hall–Kier alpha value is -1.88. The molecule has 5 heteroatoms. The Kier molecular flexibility index (Phi) is 3.94. The van der Waals surface area contributed by atoms with Crippen LogP contribution in [0.1, 0.15) is 12.6 Å². The van der Waals surface area contributed by atoms with Crippen LogP contribution in [0.2, 0.25) is 0 Å². The van der Waals surface area contributed by atoms with Gasteiger partial charge in [-0.25, -0.2) is 4.98 Å². The van der Waals surface area contributed by atoms with Gasteiger partial charge in [0.2, 0.25) is 0 Å². The molecule has 0 fully saturated rings. The van der Waals surface area contributed by atoms with E-state index in [1.54, 1.807) is 5.38 Å². The summed E-state index contributed by atoms with van der Waals surface area (Å²) < 4.78 is 5.41. The Bertz CT molecular complexity index is 551. The molecule has 4 nitrogen and oxygen atoms in total. The summed E-state index contributed by atoms with van der Waals surface area (Å²) in [5.41, 5.74) is 1.45. The average Bonchev–Trinajstić information content (AvgIpc) is 2.77. The fraction of sp³-hybridized carbons (Fsp3) is 0.231. The standard InChI is InChI=1S/C13H13NO3S/c1-2-17-11-5-3-4-9(6-11)13-14-10(8-18-13)7-12(15)16/h3-6,8H,2,7H2,1H3,(H,15,16)/p-1. The molecule has 2 rings (SSSR count). The lowest BCUT2D eigenvalue weighted by Gasteiger charge is -2.03. The minimum atomic E-state index is -1.12. The van der Waals surface area contributed by atoms with Gasteiger partial charge in [0.1, 0.15) is 10.8 Å². The first kappa shape index (κ1) is 12.6. The van der Waals surface area contributed by atoms with Gasteiger partial charge in [0, 0.05) is 23.3 Å². The first-order chi connectivity index (χ1) is 8.69. The van der Waals surface area contributed by atoms with Gasteiger partial charge in [-0.05, 0) is 19.1 Å². The number of hydrogen-bond acceptors (Lipinski definition) is 5. The highest BCUT2D eigenvalue weighted by molar-refractivity contribution is 7.13. The van der Waals surface area contributed by atoms with Crippen molar-refractivity contribution in [2.45, 2.75) is 13.3 Å². The number of rotatable bonds is 5. The smallest absolute Gasteiger partial charge is 0.123 e. The van der Waals surface area contributed by atoms with E-state index in [-0.39, 0.29) is 6.42 Å². The number of benzene rings is 1.